The third-order valence-corrected chi connectivity index (χ3v) is 2.77. The summed E-state index contributed by atoms with van der Waals surface area (Å²) in [6, 6.07) is 10.2. The molecule has 0 aliphatic carbocycles. The molecule has 0 unspecified atom stereocenters. The van der Waals surface area contributed by atoms with Crippen LogP contribution in [0.1, 0.15) is 31.7 Å². The lowest BCUT2D eigenvalue weighted by atomic mass is 9.94. The molecule has 0 heterocycles. The molecule has 1 aromatic carbocycles. The first-order valence-corrected chi connectivity index (χ1v) is 5.91. The molecule has 0 saturated heterocycles. The van der Waals surface area contributed by atoms with Crippen molar-refractivity contribution >= 4 is 5.78 Å². The minimum absolute atomic E-state index is 0.132. The summed E-state index contributed by atoms with van der Waals surface area (Å²) in [5, 5.41) is 0. The van der Waals surface area contributed by atoms with E-state index in [1.807, 2.05) is 31.2 Å². The van der Waals surface area contributed by atoms with Crippen LogP contribution >= 0.6 is 0 Å². The Morgan fingerprint density at radius 3 is 2.69 bits per heavy atom. The number of benzene rings is 1. The summed E-state index contributed by atoms with van der Waals surface area (Å²) in [5.74, 6) is 0.498. The van der Waals surface area contributed by atoms with Gasteiger partial charge in [-0.3, -0.25) is 4.79 Å². The van der Waals surface area contributed by atoms with Crippen molar-refractivity contribution in [1.29, 1.82) is 0 Å². The van der Waals surface area contributed by atoms with Gasteiger partial charge in [-0.1, -0.05) is 43.3 Å². The van der Waals surface area contributed by atoms with Gasteiger partial charge in [0.05, 0.1) is 0 Å². The minimum atomic E-state index is 0.132. The van der Waals surface area contributed by atoms with Gasteiger partial charge in [0.25, 0.3) is 0 Å². The molecule has 86 valence electrons. The Bertz CT molecular complexity index is 327. The fourth-order valence-electron chi connectivity index (χ4n) is 1.75. The molecule has 1 heteroatoms. The molecule has 1 rings (SSSR count). The van der Waals surface area contributed by atoms with Crippen molar-refractivity contribution in [3.8, 4) is 0 Å². The molecule has 0 aromatic heterocycles. The van der Waals surface area contributed by atoms with Gasteiger partial charge in [-0.05, 0) is 24.8 Å². The quantitative estimate of drug-likeness (QED) is 0.500. The van der Waals surface area contributed by atoms with Gasteiger partial charge in [-0.15, -0.1) is 6.58 Å². The predicted molar refractivity (Wildman–Crippen MR) is 68.4 cm³/mol. The predicted octanol–water partition coefficient (Wildman–Crippen LogP) is 3.79. The highest BCUT2D eigenvalue weighted by Crippen LogP contribution is 2.12. The third-order valence-electron chi connectivity index (χ3n) is 2.77. The first kappa shape index (κ1) is 12.7. The topological polar surface area (TPSA) is 17.1 Å². The Balaban J connectivity index is 2.37. The molecule has 0 fully saturated rings. The minimum Gasteiger partial charge on any atom is -0.299 e. The lowest BCUT2D eigenvalue weighted by Crippen LogP contribution is -2.13. The van der Waals surface area contributed by atoms with Crippen LogP contribution in [0.2, 0.25) is 0 Å². The van der Waals surface area contributed by atoms with Gasteiger partial charge in [0.15, 0.2) is 0 Å². The maximum absolute atomic E-state index is 11.8. The number of carbonyl (C=O) groups excluding carboxylic acids is 1. The number of ketones is 1. The van der Waals surface area contributed by atoms with E-state index in [1.54, 1.807) is 0 Å². The first-order chi connectivity index (χ1) is 7.74. The summed E-state index contributed by atoms with van der Waals surface area (Å²) in [6.07, 6.45) is 5.27. The molecule has 1 nitrogen and oxygen atoms in total. The summed E-state index contributed by atoms with van der Waals surface area (Å²) in [4.78, 5) is 11.8. The number of hydrogen-bond donors (Lipinski definition) is 0. The monoisotopic (exact) mass is 216 g/mol. The molecule has 0 N–H and O–H groups in total. The Kier molecular flexibility index (Phi) is 5.55. The van der Waals surface area contributed by atoms with Crippen molar-refractivity contribution in [2.24, 2.45) is 5.92 Å². The van der Waals surface area contributed by atoms with E-state index in [2.05, 4.69) is 18.7 Å². The van der Waals surface area contributed by atoms with Crippen LogP contribution in [0.5, 0.6) is 0 Å². The summed E-state index contributed by atoms with van der Waals surface area (Å²) in [6.45, 7) is 5.68. The molecule has 16 heavy (non-hydrogen) atoms. The van der Waals surface area contributed by atoms with Crippen LogP contribution in [0.4, 0.5) is 0 Å². The second-order valence-corrected chi connectivity index (χ2v) is 4.24. The highest BCUT2D eigenvalue weighted by atomic mass is 16.1. The highest BCUT2D eigenvalue weighted by Gasteiger charge is 2.12. The summed E-state index contributed by atoms with van der Waals surface area (Å²) in [7, 11) is 0. The Morgan fingerprint density at radius 2 is 2.06 bits per heavy atom. The SMILES string of the molecule is C=CCCCC(=O)[C@@H](C)Cc1ccccc1. The van der Waals surface area contributed by atoms with Crippen LogP contribution in [0.15, 0.2) is 43.0 Å². The van der Waals surface area contributed by atoms with E-state index in [9.17, 15) is 4.79 Å². The second kappa shape index (κ2) is 7.00. The van der Waals surface area contributed by atoms with Crippen LogP contribution in [-0.2, 0) is 11.2 Å². The summed E-state index contributed by atoms with van der Waals surface area (Å²) >= 11 is 0. The molecule has 0 aliphatic heterocycles. The van der Waals surface area contributed by atoms with Gasteiger partial charge in [0.1, 0.15) is 5.78 Å². The normalized spacial score (nSPS) is 12.1. The molecule has 1 aromatic rings. The van der Waals surface area contributed by atoms with Crippen LogP contribution in [0.3, 0.4) is 0 Å². The van der Waals surface area contributed by atoms with Gasteiger partial charge in [-0.2, -0.15) is 0 Å². The molecular formula is C15H20O. The maximum Gasteiger partial charge on any atom is 0.136 e. The van der Waals surface area contributed by atoms with Gasteiger partial charge in [0, 0.05) is 12.3 Å². The zero-order chi connectivity index (χ0) is 11.8. The van der Waals surface area contributed by atoms with Gasteiger partial charge in [0.2, 0.25) is 0 Å². The maximum atomic E-state index is 11.8. The van der Waals surface area contributed by atoms with Gasteiger partial charge < -0.3 is 0 Å². The first-order valence-electron chi connectivity index (χ1n) is 5.91. The van der Waals surface area contributed by atoms with Crippen molar-refractivity contribution in [2.75, 3.05) is 0 Å². The number of allylic oxidation sites excluding steroid dienone is 1. The third kappa shape index (κ3) is 4.43. The Morgan fingerprint density at radius 1 is 1.38 bits per heavy atom. The molecule has 0 radical (unpaired) electrons. The highest BCUT2D eigenvalue weighted by molar-refractivity contribution is 5.80. The van der Waals surface area contributed by atoms with Gasteiger partial charge >= 0.3 is 0 Å². The molecule has 0 aliphatic rings. The van der Waals surface area contributed by atoms with Crippen LogP contribution in [0.25, 0.3) is 0 Å². The average molecular weight is 216 g/mol. The Labute approximate surface area is 98.2 Å². The second-order valence-electron chi connectivity index (χ2n) is 4.24. The molecule has 0 saturated carbocycles. The lowest BCUT2D eigenvalue weighted by molar-refractivity contribution is -0.122. The van der Waals surface area contributed by atoms with E-state index >= 15 is 0 Å². The van der Waals surface area contributed by atoms with Gasteiger partial charge in [-0.25, -0.2) is 0 Å². The largest absolute Gasteiger partial charge is 0.299 e. The number of Topliss-reactive ketones (excluding diaryl/α,β-unsaturated/α-hetero) is 1. The van der Waals surface area contributed by atoms with Crippen molar-refractivity contribution in [2.45, 2.75) is 32.6 Å². The fraction of sp³-hybridized carbons (Fsp3) is 0.400. The van der Waals surface area contributed by atoms with Crippen molar-refractivity contribution < 1.29 is 4.79 Å². The zero-order valence-corrected chi connectivity index (χ0v) is 9.99. The van der Waals surface area contributed by atoms with Crippen LogP contribution in [0, 0.1) is 5.92 Å². The van der Waals surface area contributed by atoms with E-state index < -0.39 is 0 Å². The van der Waals surface area contributed by atoms with E-state index in [-0.39, 0.29) is 5.92 Å². The number of hydrogen-bond acceptors (Lipinski definition) is 1. The molecule has 0 bridgehead atoms. The van der Waals surface area contributed by atoms with Crippen molar-refractivity contribution in [3.05, 3.63) is 48.6 Å². The fourth-order valence-corrected chi connectivity index (χ4v) is 1.75. The molecule has 1 atom stereocenters. The molecule has 0 amide bonds. The smallest absolute Gasteiger partial charge is 0.136 e. The average Bonchev–Trinajstić information content (AvgIpc) is 2.30. The van der Waals surface area contributed by atoms with Crippen LogP contribution in [-0.4, -0.2) is 5.78 Å². The van der Waals surface area contributed by atoms with Crippen molar-refractivity contribution in [3.63, 3.8) is 0 Å². The summed E-state index contributed by atoms with van der Waals surface area (Å²) in [5.41, 5.74) is 1.24. The van der Waals surface area contributed by atoms with Crippen molar-refractivity contribution in [1.82, 2.24) is 0 Å². The number of unbranched alkanes of at least 4 members (excludes halogenated alkanes) is 1. The standard InChI is InChI=1S/C15H20O/c1-3-4-6-11-15(16)13(2)12-14-9-7-5-8-10-14/h3,5,7-10,13H,1,4,6,11-12H2,2H3/t13-/m0/s1. The van der Waals surface area contributed by atoms with Crippen LogP contribution < -0.4 is 0 Å². The Hall–Kier alpha value is -1.37. The van der Waals surface area contributed by atoms with E-state index in [0.717, 1.165) is 19.3 Å². The van der Waals surface area contributed by atoms with E-state index in [0.29, 0.717) is 12.2 Å². The van der Waals surface area contributed by atoms with E-state index in [4.69, 9.17) is 0 Å². The van der Waals surface area contributed by atoms with E-state index in [1.165, 1.54) is 5.56 Å². The number of rotatable bonds is 7. The molecule has 0 spiro atoms. The zero-order valence-electron chi connectivity index (χ0n) is 9.99. The summed E-state index contributed by atoms with van der Waals surface area (Å²) < 4.78 is 0. The lowest BCUT2D eigenvalue weighted by Gasteiger charge is -2.09. The number of carbonyl (C=O) groups is 1. The molecular weight excluding hydrogens is 196 g/mol.